The van der Waals surface area contributed by atoms with E-state index in [4.69, 9.17) is 5.11 Å². The monoisotopic (exact) mass is 219 g/mol. The average Bonchev–Trinajstić information content (AvgIpc) is 2.23. The van der Waals surface area contributed by atoms with Crippen LogP contribution in [-0.4, -0.2) is 51.3 Å². The SMILES string of the molecule is CC1CN(CCC(=O)O)CCS(=O)C1. The molecule has 1 saturated heterocycles. The summed E-state index contributed by atoms with van der Waals surface area (Å²) in [6.45, 7) is 4.29. The van der Waals surface area contributed by atoms with Gasteiger partial charge in [-0.3, -0.25) is 9.00 Å². The van der Waals surface area contributed by atoms with E-state index in [2.05, 4.69) is 11.8 Å². The molecule has 0 aliphatic carbocycles. The van der Waals surface area contributed by atoms with Crippen molar-refractivity contribution in [3.8, 4) is 0 Å². The Bertz CT molecular complexity index is 232. The molecule has 2 unspecified atom stereocenters. The summed E-state index contributed by atoms with van der Waals surface area (Å²) >= 11 is 0. The van der Waals surface area contributed by atoms with E-state index in [9.17, 15) is 9.00 Å². The first-order chi connectivity index (χ1) is 6.58. The quantitative estimate of drug-likeness (QED) is 0.734. The van der Waals surface area contributed by atoms with Crippen LogP contribution >= 0.6 is 0 Å². The molecule has 1 aliphatic rings. The number of carbonyl (C=O) groups is 1. The van der Waals surface area contributed by atoms with Crippen LogP contribution < -0.4 is 0 Å². The van der Waals surface area contributed by atoms with E-state index in [1.165, 1.54) is 0 Å². The van der Waals surface area contributed by atoms with Gasteiger partial charge in [-0.1, -0.05) is 6.92 Å². The number of hydrogen-bond acceptors (Lipinski definition) is 3. The topological polar surface area (TPSA) is 57.6 Å². The number of rotatable bonds is 3. The molecule has 5 heteroatoms. The van der Waals surface area contributed by atoms with Crippen molar-refractivity contribution in [1.29, 1.82) is 0 Å². The van der Waals surface area contributed by atoms with Crippen molar-refractivity contribution >= 4 is 16.8 Å². The molecule has 1 rings (SSSR count). The Hall–Kier alpha value is -0.420. The lowest BCUT2D eigenvalue weighted by Crippen LogP contribution is -2.31. The van der Waals surface area contributed by atoms with Gasteiger partial charge in [0, 0.05) is 41.9 Å². The lowest BCUT2D eigenvalue weighted by Gasteiger charge is -2.20. The largest absolute Gasteiger partial charge is 0.481 e. The first-order valence-corrected chi connectivity index (χ1v) is 6.36. The van der Waals surface area contributed by atoms with E-state index in [1.54, 1.807) is 0 Å². The third-order valence-corrected chi connectivity index (χ3v) is 3.90. The summed E-state index contributed by atoms with van der Waals surface area (Å²) in [7, 11) is -0.712. The van der Waals surface area contributed by atoms with Crippen LogP contribution in [0.5, 0.6) is 0 Å². The van der Waals surface area contributed by atoms with Gasteiger partial charge in [0.25, 0.3) is 0 Å². The van der Waals surface area contributed by atoms with Gasteiger partial charge in [0.2, 0.25) is 0 Å². The standard InChI is InChI=1S/C9H17NO3S/c1-8-6-10(3-2-9(11)12)4-5-14(13)7-8/h8H,2-7H2,1H3,(H,11,12). The molecule has 1 fully saturated rings. The molecule has 14 heavy (non-hydrogen) atoms. The first-order valence-electron chi connectivity index (χ1n) is 4.87. The number of carboxylic acids is 1. The van der Waals surface area contributed by atoms with Gasteiger partial charge >= 0.3 is 5.97 Å². The van der Waals surface area contributed by atoms with Gasteiger partial charge in [0.15, 0.2) is 0 Å². The smallest absolute Gasteiger partial charge is 0.304 e. The molecule has 1 heterocycles. The van der Waals surface area contributed by atoms with E-state index < -0.39 is 16.8 Å². The summed E-state index contributed by atoms with van der Waals surface area (Å²) in [4.78, 5) is 12.5. The van der Waals surface area contributed by atoms with Crippen LogP contribution in [0.2, 0.25) is 0 Å². The van der Waals surface area contributed by atoms with Gasteiger partial charge in [0.1, 0.15) is 0 Å². The van der Waals surface area contributed by atoms with E-state index in [1.807, 2.05) is 0 Å². The van der Waals surface area contributed by atoms with Crippen LogP contribution in [0.15, 0.2) is 0 Å². The molecule has 4 nitrogen and oxygen atoms in total. The third kappa shape index (κ3) is 4.19. The van der Waals surface area contributed by atoms with Gasteiger partial charge in [-0.2, -0.15) is 0 Å². The Morgan fingerprint density at radius 2 is 2.36 bits per heavy atom. The summed E-state index contributed by atoms with van der Waals surface area (Å²) in [5, 5.41) is 8.55. The van der Waals surface area contributed by atoms with Crippen LogP contribution in [0.4, 0.5) is 0 Å². The van der Waals surface area contributed by atoms with Crippen molar-refractivity contribution in [2.45, 2.75) is 13.3 Å². The van der Waals surface area contributed by atoms with Gasteiger partial charge in [-0.15, -0.1) is 0 Å². The molecular formula is C9H17NO3S. The van der Waals surface area contributed by atoms with Crippen LogP contribution in [0.3, 0.4) is 0 Å². The van der Waals surface area contributed by atoms with Crippen molar-refractivity contribution in [1.82, 2.24) is 4.90 Å². The highest BCUT2D eigenvalue weighted by Gasteiger charge is 2.18. The normalized spacial score (nSPS) is 29.8. The van der Waals surface area contributed by atoms with Crippen LogP contribution in [0, 0.1) is 5.92 Å². The number of nitrogens with zero attached hydrogens (tertiary/aromatic N) is 1. The zero-order valence-electron chi connectivity index (χ0n) is 8.44. The van der Waals surface area contributed by atoms with E-state index in [-0.39, 0.29) is 6.42 Å². The summed E-state index contributed by atoms with van der Waals surface area (Å²) in [6.07, 6.45) is 0.180. The Morgan fingerprint density at radius 1 is 1.64 bits per heavy atom. The predicted molar refractivity (Wildman–Crippen MR) is 55.7 cm³/mol. The minimum atomic E-state index is -0.761. The Morgan fingerprint density at radius 3 is 3.00 bits per heavy atom. The fourth-order valence-electron chi connectivity index (χ4n) is 1.67. The molecule has 0 saturated carbocycles. The molecule has 0 radical (unpaired) electrons. The number of aliphatic carboxylic acids is 1. The highest BCUT2D eigenvalue weighted by Crippen LogP contribution is 2.08. The molecule has 2 atom stereocenters. The Kier molecular flexibility index (Phi) is 4.54. The second-order valence-electron chi connectivity index (χ2n) is 3.86. The second-order valence-corrected chi connectivity index (χ2v) is 5.48. The predicted octanol–water partition coefficient (Wildman–Crippen LogP) is 0.161. The molecule has 1 aliphatic heterocycles. The molecular weight excluding hydrogens is 202 g/mol. The van der Waals surface area contributed by atoms with Crippen molar-refractivity contribution < 1.29 is 14.1 Å². The van der Waals surface area contributed by atoms with Gasteiger partial charge in [-0.05, 0) is 5.92 Å². The average molecular weight is 219 g/mol. The van der Waals surface area contributed by atoms with E-state index >= 15 is 0 Å². The zero-order chi connectivity index (χ0) is 10.6. The minimum absolute atomic E-state index is 0.180. The Balaban J connectivity index is 2.37. The van der Waals surface area contributed by atoms with Gasteiger partial charge in [0.05, 0.1) is 6.42 Å². The molecule has 0 aromatic carbocycles. The van der Waals surface area contributed by atoms with Crippen molar-refractivity contribution in [3.05, 3.63) is 0 Å². The van der Waals surface area contributed by atoms with Crippen molar-refractivity contribution in [2.24, 2.45) is 5.92 Å². The molecule has 0 aromatic heterocycles. The molecule has 0 amide bonds. The second kappa shape index (κ2) is 5.46. The summed E-state index contributed by atoms with van der Waals surface area (Å²) in [5.74, 6) is 1.09. The van der Waals surface area contributed by atoms with E-state index in [0.717, 1.165) is 18.8 Å². The lowest BCUT2D eigenvalue weighted by atomic mass is 10.2. The number of hydrogen-bond donors (Lipinski definition) is 1. The van der Waals surface area contributed by atoms with Crippen molar-refractivity contribution in [2.75, 3.05) is 31.1 Å². The number of carboxylic acid groups (broad SMARTS) is 1. The van der Waals surface area contributed by atoms with Crippen LogP contribution in [0.25, 0.3) is 0 Å². The Labute approximate surface area is 86.7 Å². The third-order valence-electron chi connectivity index (χ3n) is 2.32. The maximum atomic E-state index is 11.3. The first kappa shape index (κ1) is 11.7. The maximum Gasteiger partial charge on any atom is 0.304 e. The summed E-state index contributed by atoms with van der Waals surface area (Å²) < 4.78 is 11.3. The lowest BCUT2D eigenvalue weighted by molar-refractivity contribution is -0.137. The molecule has 0 spiro atoms. The fourth-order valence-corrected chi connectivity index (χ4v) is 3.04. The maximum absolute atomic E-state index is 11.3. The van der Waals surface area contributed by atoms with Crippen LogP contribution in [-0.2, 0) is 15.6 Å². The zero-order valence-corrected chi connectivity index (χ0v) is 9.26. The summed E-state index contributed by atoms with van der Waals surface area (Å²) in [5.41, 5.74) is 0. The van der Waals surface area contributed by atoms with Gasteiger partial charge in [-0.25, -0.2) is 0 Å². The highest BCUT2D eigenvalue weighted by atomic mass is 32.2. The van der Waals surface area contributed by atoms with E-state index in [0.29, 0.717) is 18.2 Å². The van der Waals surface area contributed by atoms with Crippen LogP contribution in [0.1, 0.15) is 13.3 Å². The molecule has 1 N–H and O–H groups in total. The highest BCUT2D eigenvalue weighted by molar-refractivity contribution is 7.85. The minimum Gasteiger partial charge on any atom is -0.481 e. The van der Waals surface area contributed by atoms with Crippen molar-refractivity contribution in [3.63, 3.8) is 0 Å². The fraction of sp³-hybridized carbons (Fsp3) is 0.889. The summed E-state index contributed by atoms with van der Waals surface area (Å²) in [6, 6.07) is 0. The molecule has 0 bridgehead atoms. The van der Waals surface area contributed by atoms with Gasteiger partial charge < -0.3 is 10.0 Å². The molecule has 82 valence electrons. The molecule has 0 aromatic rings.